The van der Waals surface area contributed by atoms with Crippen molar-refractivity contribution in [3.05, 3.63) is 82.0 Å². The molecule has 0 aliphatic carbocycles. The third-order valence-corrected chi connectivity index (χ3v) is 8.20. The molecular weight excluding hydrogens is 520 g/mol. The second-order valence-electron chi connectivity index (χ2n) is 10.8. The van der Waals surface area contributed by atoms with Crippen LogP contribution in [0.2, 0.25) is 5.02 Å². The van der Waals surface area contributed by atoms with E-state index in [1.54, 1.807) is 0 Å². The Kier molecular flexibility index (Phi) is 13.6. The highest BCUT2D eigenvalue weighted by atomic mass is 35.5. The fourth-order valence-electron chi connectivity index (χ4n) is 5.98. The average molecular weight is 569 g/mol. The molecule has 2 fully saturated rings. The number of hydrogen-bond acceptors (Lipinski definition) is 6. The summed E-state index contributed by atoms with van der Waals surface area (Å²) in [7, 11) is 0. The molecule has 0 bridgehead atoms. The first-order chi connectivity index (χ1) is 19.6. The summed E-state index contributed by atoms with van der Waals surface area (Å²) < 4.78 is 0. The number of halogens is 1. The number of carbonyl (C=O) groups excluding carboxylic acids is 1. The first kappa shape index (κ1) is 32.3. The van der Waals surface area contributed by atoms with Crippen molar-refractivity contribution in [2.75, 3.05) is 19.6 Å². The van der Waals surface area contributed by atoms with Crippen molar-refractivity contribution < 1.29 is 9.90 Å². The maximum Gasteiger partial charge on any atom is 0.106 e. The number of nitrogens with one attached hydrogen (secondary N) is 2. The van der Waals surface area contributed by atoms with Crippen LogP contribution in [0.4, 0.5) is 0 Å². The maximum absolute atomic E-state index is 10.0. The summed E-state index contributed by atoms with van der Waals surface area (Å²) in [6.07, 6.45) is 9.95. The molecule has 3 aliphatic rings. The summed E-state index contributed by atoms with van der Waals surface area (Å²) in [5, 5.41) is 16.9. The molecule has 0 amide bonds. The topological polar surface area (TPSA) is 67.8 Å². The van der Waals surface area contributed by atoms with E-state index in [4.69, 9.17) is 16.4 Å². The highest BCUT2D eigenvalue weighted by molar-refractivity contribution is 6.30. The molecule has 0 spiro atoms. The van der Waals surface area contributed by atoms with Gasteiger partial charge in [-0.15, -0.1) is 0 Å². The molecule has 4 atom stereocenters. The van der Waals surface area contributed by atoms with E-state index in [1.807, 2.05) is 32.8 Å². The summed E-state index contributed by atoms with van der Waals surface area (Å²) in [5.41, 5.74) is 9.17. The van der Waals surface area contributed by atoms with E-state index in [1.165, 1.54) is 48.1 Å². The first-order valence-electron chi connectivity index (χ1n) is 15.1. The van der Waals surface area contributed by atoms with Gasteiger partial charge in [0.15, 0.2) is 0 Å². The van der Waals surface area contributed by atoms with E-state index in [0.717, 1.165) is 50.5 Å². The lowest BCUT2D eigenvalue weighted by Crippen LogP contribution is -2.54. The summed E-state index contributed by atoms with van der Waals surface area (Å²) >= 11 is 6.14. The number of carbonyl (C=O) groups is 1. The molecule has 2 aromatic rings. The number of hydrogen-bond donors (Lipinski definition) is 3. The van der Waals surface area contributed by atoms with Crippen LogP contribution in [0.15, 0.2) is 60.3 Å². The minimum atomic E-state index is -0.170. The van der Waals surface area contributed by atoms with E-state index in [0.29, 0.717) is 12.1 Å². The first-order valence-corrected chi connectivity index (χ1v) is 15.5. The van der Waals surface area contributed by atoms with Crippen molar-refractivity contribution in [2.24, 2.45) is 0 Å². The summed E-state index contributed by atoms with van der Waals surface area (Å²) in [4.78, 5) is 10.6. The summed E-state index contributed by atoms with van der Waals surface area (Å²) in [5.74, 6) is 0. The molecule has 40 heavy (non-hydrogen) atoms. The van der Waals surface area contributed by atoms with Crippen LogP contribution in [0.3, 0.4) is 0 Å². The molecule has 3 aliphatic heterocycles. The summed E-state index contributed by atoms with van der Waals surface area (Å²) in [6.45, 7) is 12.1. The van der Waals surface area contributed by atoms with Crippen molar-refractivity contribution in [3.63, 3.8) is 0 Å². The quantitative estimate of drug-likeness (QED) is 0.313. The molecule has 4 unspecified atom stereocenters. The van der Waals surface area contributed by atoms with Gasteiger partial charge >= 0.3 is 0 Å². The number of nitrogens with zero attached hydrogens (tertiary/aromatic N) is 2. The van der Waals surface area contributed by atoms with Gasteiger partial charge in [0.05, 0.1) is 18.2 Å². The van der Waals surface area contributed by atoms with Crippen LogP contribution in [0.25, 0.3) is 0 Å². The predicted octanol–water partition coefficient (Wildman–Crippen LogP) is 6.57. The van der Waals surface area contributed by atoms with E-state index >= 15 is 0 Å². The van der Waals surface area contributed by atoms with Gasteiger partial charge in [-0.3, -0.25) is 4.90 Å². The number of piperazine rings is 1. The van der Waals surface area contributed by atoms with Crippen LogP contribution in [-0.2, 0) is 11.3 Å². The highest BCUT2D eigenvalue weighted by Crippen LogP contribution is 2.32. The highest BCUT2D eigenvalue weighted by Gasteiger charge is 2.35. The SMILES string of the molecule is C=O.CC.CCCCCC1CN(Cc2cccc(C3CCC(O)CCN3)c2)CC2=CC(c3ccc(Cl)cc3)NN21. The second-order valence-corrected chi connectivity index (χ2v) is 11.2. The number of unbranched alkanes of at least 4 members (excludes halogenated alkanes) is 2. The van der Waals surface area contributed by atoms with Crippen molar-refractivity contribution in [3.8, 4) is 0 Å². The Morgan fingerprint density at radius 1 is 1.02 bits per heavy atom. The Hall–Kier alpha value is -2.22. The summed E-state index contributed by atoms with van der Waals surface area (Å²) in [6, 6.07) is 18.3. The van der Waals surface area contributed by atoms with E-state index in [-0.39, 0.29) is 12.1 Å². The zero-order valence-electron chi connectivity index (χ0n) is 24.6. The maximum atomic E-state index is 10.0. The van der Waals surface area contributed by atoms with E-state index in [9.17, 15) is 5.11 Å². The number of aliphatic hydroxyl groups is 1. The lowest BCUT2D eigenvalue weighted by atomic mass is 9.98. The zero-order valence-corrected chi connectivity index (χ0v) is 25.4. The van der Waals surface area contributed by atoms with E-state index in [2.05, 4.69) is 70.0 Å². The van der Waals surface area contributed by atoms with Gasteiger partial charge in [0, 0.05) is 36.4 Å². The van der Waals surface area contributed by atoms with Crippen LogP contribution in [0, 0.1) is 0 Å². The second kappa shape index (κ2) is 16.9. The van der Waals surface area contributed by atoms with Crippen molar-refractivity contribution in [1.82, 2.24) is 20.7 Å². The van der Waals surface area contributed by atoms with Gasteiger partial charge in [0.2, 0.25) is 0 Å². The molecule has 3 N–H and O–H groups in total. The molecule has 0 saturated carbocycles. The number of aliphatic hydroxyl groups excluding tert-OH is 1. The molecule has 3 heterocycles. The number of hydrazine groups is 1. The fourth-order valence-corrected chi connectivity index (χ4v) is 6.10. The van der Waals surface area contributed by atoms with Crippen LogP contribution >= 0.6 is 11.6 Å². The number of fused-ring (bicyclic) bond motifs is 1. The molecule has 0 aromatic heterocycles. The molecule has 2 saturated heterocycles. The zero-order chi connectivity index (χ0) is 28.9. The van der Waals surface area contributed by atoms with Crippen LogP contribution in [0.5, 0.6) is 0 Å². The van der Waals surface area contributed by atoms with Gasteiger partial charge in [0.1, 0.15) is 6.79 Å². The van der Waals surface area contributed by atoms with Gasteiger partial charge in [-0.2, -0.15) is 0 Å². The third kappa shape index (κ3) is 8.89. The monoisotopic (exact) mass is 568 g/mol. The van der Waals surface area contributed by atoms with E-state index < -0.39 is 0 Å². The molecule has 220 valence electrons. The van der Waals surface area contributed by atoms with Crippen molar-refractivity contribution in [1.29, 1.82) is 0 Å². The van der Waals surface area contributed by atoms with Crippen LogP contribution in [-0.4, -0.2) is 53.6 Å². The molecule has 6 nitrogen and oxygen atoms in total. The standard InChI is InChI=1S/C30H41ClN4O.C2H6.CH2O/c1-2-3-4-8-26-20-34(21-27-18-30(33-35(26)27)23-9-11-25(31)12-10-23)19-22-6-5-7-24(17-22)29-14-13-28(36)15-16-32-29;2*1-2/h5-7,9-12,17-18,26,28-30,32-33,36H,2-4,8,13-16,19-21H2,1H3;1-2H3;1H2. The van der Waals surface area contributed by atoms with Gasteiger partial charge < -0.3 is 20.2 Å². The van der Waals surface area contributed by atoms with Gasteiger partial charge in [-0.25, -0.2) is 5.43 Å². The predicted molar refractivity (Wildman–Crippen MR) is 166 cm³/mol. The Morgan fingerprint density at radius 2 is 1.80 bits per heavy atom. The minimum Gasteiger partial charge on any atom is -0.393 e. The third-order valence-electron chi connectivity index (χ3n) is 7.95. The minimum absolute atomic E-state index is 0.170. The molecule has 2 aromatic carbocycles. The normalized spacial score (nSPS) is 24.5. The molecule has 7 heteroatoms. The lowest BCUT2D eigenvalue weighted by molar-refractivity contribution is -0.0980. The fraction of sp³-hybridized carbons (Fsp3) is 0.545. The average Bonchev–Trinajstić information content (AvgIpc) is 3.30. The van der Waals surface area contributed by atoms with Crippen molar-refractivity contribution >= 4 is 18.4 Å². The Bertz CT molecular complexity index is 1050. The van der Waals surface area contributed by atoms with Crippen molar-refractivity contribution in [2.45, 2.75) is 96.5 Å². The molecule has 0 radical (unpaired) electrons. The van der Waals surface area contributed by atoms with Crippen LogP contribution in [0.1, 0.15) is 94.5 Å². The Labute approximate surface area is 246 Å². The Balaban J connectivity index is 0.00000106. The Morgan fingerprint density at radius 3 is 2.55 bits per heavy atom. The molecule has 5 rings (SSSR count). The lowest BCUT2D eigenvalue weighted by Gasteiger charge is -2.42. The smallest absolute Gasteiger partial charge is 0.106 e. The van der Waals surface area contributed by atoms with Gasteiger partial charge in [0.25, 0.3) is 0 Å². The van der Waals surface area contributed by atoms with Gasteiger partial charge in [-0.1, -0.05) is 88.0 Å². The number of rotatable bonds is 8. The largest absolute Gasteiger partial charge is 0.393 e. The van der Waals surface area contributed by atoms with Crippen LogP contribution < -0.4 is 10.7 Å². The number of benzene rings is 2. The van der Waals surface area contributed by atoms with Gasteiger partial charge in [-0.05, 0) is 67.1 Å². The molecular formula is C33H49ClN4O2.